The van der Waals surface area contributed by atoms with Gasteiger partial charge in [0.05, 0.1) is 12.8 Å². The Morgan fingerprint density at radius 3 is 2.59 bits per heavy atom. The standard InChI is InChI=1S/C9H9F3N2O3/c1-16-7-2-5(4-15)6(3-13)14-8(7)17-9(10,11)12/h2,4H,3,13H2,1H3. The SMILES string of the molecule is COc1cc(C=O)c(CN)nc1OC(F)(F)F. The van der Waals surface area contributed by atoms with E-state index in [0.717, 1.165) is 13.2 Å². The van der Waals surface area contributed by atoms with Gasteiger partial charge in [-0.1, -0.05) is 0 Å². The summed E-state index contributed by atoms with van der Waals surface area (Å²) >= 11 is 0. The van der Waals surface area contributed by atoms with Crippen molar-refractivity contribution < 1.29 is 27.4 Å². The number of pyridine rings is 1. The van der Waals surface area contributed by atoms with Crippen LogP contribution < -0.4 is 15.2 Å². The van der Waals surface area contributed by atoms with Crippen LogP contribution in [-0.4, -0.2) is 24.7 Å². The summed E-state index contributed by atoms with van der Waals surface area (Å²) in [6, 6.07) is 1.09. The Hall–Kier alpha value is -1.83. The highest BCUT2D eigenvalue weighted by atomic mass is 19.4. The Balaban J connectivity index is 3.23. The van der Waals surface area contributed by atoms with Gasteiger partial charge in [-0.25, -0.2) is 4.98 Å². The molecular weight excluding hydrogens is 241 g/mol. The molecule has 0 aromatic carbocycles. The number of nitrogens with two attached hydrogens (primary N) is 1. The van der Waals surface area contributed by atoms with Gasteiger partial charge in [0.15, 0.2) is 12.0 Å². The highest BCUT2D eigenvalue weighted by Crippen LogP contribution is 2.31. The third kappa shape index (κ3) is 3.31. The predicted octanol–water partition coefficient (Wildman–Crippen LogP) is 1.26. The third-order valence-corrected chi connectivity index (χ3v) is 1.82. The van der Waals surface area contributed by atoms with E-state index in [-0.39, 0.29) is 23.6 Å². The van der Waals surface area contributed by atoms with Crippen molar-refractivity contribution in [1.29, 1.82) is 0 Å². The van der Waals surface area contributed by atoms with Gasteiger partial charge in [-0.3, -0.25) is 4.79 Å². The van der Waals surface area contributed by atoms with E-state index in [0.29, 0.717) is 6.29 Å². The van der Waals surface area contributed by atoms with Crippen LogP contribution in [0.15, 0.2) is 6.07 Å². The molecule has 0 amide bonds. The van der Waals surface area contributed by atoms with Crippen LogP contribution in [0.1, 0.15) is 16.1 Å². The molecule has 0 saturated heterocycles. The Bertz CT molecular complexity index is 421. The Morgan fingerprint density at radius 2 is 2.18 bits per heavy atom. The molecule has 2 N–H and O–H groups in total. The third-order valence-electron chi connectivity index (χ3n) is 1.82. The van der Waals surface area contributed by atoms with Crippen LogP contribution in [0.25, 0.3) is 0 Å². The van der Waals surface area contributed by atoms with Crippen molar-refractivity contribution >= 4 is 6.29 Å². The normalized spacial score (nSPS) is 11.1. The molecule has 17 heavy (non-hydrogen) atoms. The highest BCUT2D eigenvalue weighted by molar-refractivity contribution is 5.77. The summed E-state index contributed by atoms with van der Waals surface area (Å²) in [5, 5.41) is 0. The number of carbonyl (C=O) groups is 1. The Labute approximate surface area is 94.3 Å². The summed E-state index contributed by atoms with van der Waals surface area (Å²) in [6.07, 6.45) is -4.47. The van der Waals surface area contributed by atoms with E-state index >= 15 is 0 Å². The molecule has 0 aliphatic rings. The lowest BCUT2D eigenvalue weighted by molar-refractivity contribution is -0.276. The van der Waals surface area contributed by atoms with E-state index in [1.807, 2.05) is 0 Å². The molecule has 5 nitrogen and oxygen atoms in total. The lowest BCUT2D eigenvalue weighted by atomic mass is 10.2. The van der Waals surface area contributed by atoms with E-state index in [2.05, 4.69) is 14.5 Å². The van der Waals surface area contributed by atoms with E-state index < -0.39 is 12.2 Å². The lowest BCUT2D eigenvalue weighted by Gasteiger charge is -2.13. The monoisotopic (exact) mass is 250 g/mol. The molecule has 0 aliphatic carbocycles. The molecule has 1 aromatic heterocycles. The summed E-state index contributed by atoms with van der Waals surface area (Å²) in [4.78, 5) is 14.1. The van der Waals surface area contributed by atoms with Gasteiger partial charge in [0.25, 0.3) is 5.88 Å². The molecule has 1 heterocycles. The van der Waals surface area contributed by atoms with Gasteiger partial charge in [0, 0.05) is 12.1 Å². The van der Waals surface area contributed by atoms with Crippen LogP contribution >= 0.6 is 0 Å². The number of aldehydes is 1. The van der Waals surface area contributed by atoms with Crippen LogP contribution in [0.4, 0.5) is 13.2 Å². The van der Waals surface area contributed by atoms with Crippen molar-refractivity contribution in [3.63, 3.8) is 0 Å². The van der Waals surface area contributed by atoms with Crippen molar-refractivity contribution in [3.8, 4) is 11.6 Å². The van der Waals surface area contributed by atoms with Crippen molar-refractivity contribution in [1.82, 2.24) is 4.98 Å². The van der Waals surface area contributed by atoms with Crippen molar-refractivity contribution in [2.75, 3.05) is 7.11 Å². The molecule has 0 unspecified atom stereocenters. The second-order valence-corrected chi connectivity index (χ2v) is 2.90. The topological polar surface area (TPSA) is 74.4 Å². The summed E-state index contributed by atoms with van der Waals surface area (Å²) in [6.45, 7) is -0.188. The summed E-state index contributed by atoms with van der Waals surface area (Å²) in [5.41, 5.74) is 5.31. The fourth-order valence-electron chi connectivity index (χ4n) is 1.12. The molecule has 0 spiro atoms. The predicted molar refractivity (Wildman–Crippen MR) is 50.8 cm³/mol. The lowest BCUT2D eigenvalue weighted by Crippen LogP contribution is -2.19. The average molecular weight is 250 g/mol. The zero-order chi connectivity index (χ0) is 13.1. The zero-order valence-corrected chi connectivity index (χ0v) is 8.75. The van der Waals surface area contributed by atoms with Crippen LogP contribution in [0.2, 0.25) is 0 Å². The number of alkyl halides is 3. The Morgan fingerprint density at radius 1 is 1.53 bits per heavy atom. The molecule has 0 bridgehead atoms. The molecule has 0 atom stereocenters. The van der Waals surface area contributed by atoms with Crippen molar-refractivity contribution in [2.24, 2.45) is 5.73 Å². The van der Waals surface area contributed by atoms with E-state index in [1.165, 1.54) is 0 Å². The minimum atomic E-state index is -4.89. The molecule has 0 radical (unpaired) electrons. The van der Waals surface area contributed by atoms with Gasteiger partial charge in [0.1, 0.15) is 0 Å². The molecule has 0 fully saturated rings. The number of halogens is 3. The molecule has 8 heteroatoms. The van der Waals surface area contributed by atoms with Gasteiger partial charge in [-0.15, -0.1) is 13.2 Å². The summed E-state index contributed by atoms with van der Waals surface area (Å²) < 4.78 is 44.5. The first-order chi connectivity index (χ1) is 7.91. The number of methoxy groups -OCH3 is 1. The van der Waals surface area contributed by atoms with Crippen LogP contribution in [0.3, 0.4) is 0 Å². The first kappa shape index (κ1) is 13.2. The zero-order valence-electron chi connectivity index (χ0n) is 8.75. The molecule has 1 rings (SSSR count). The van der Waals surface area contributed by atoms with Gasteiger partial charge in [-0.2, -0.15) is 0 Å². The maximum Gasteiger partial charge on any atom is 0.574 e. The van der Waals surface area contributed by atoms with Crippen LogP contribution in [0, 0.1) is 0 Å². The fraction of sp³-hybridized carbons (Fsp3) is 0.333. The minimum absolute atomic E-state index is 0.0000463. The van der Waals surface area contributed by atoms with Crippen molar-refractivity contribution in [3.05, 3.63) is 17.3 Å². The average Bonchev–Trinajstić information content (AvgIpc) is 2.26. The van der Waals surface area contributed by atoms with Crippen LogP contribution in [-0.2, 0) is 6.54 Å². The number of carbonyl (C=O) groups excluding carboxylic acids is 1. The van der Waals surface area contributed by atoms with Gasteiger partial charge in [-0.05, 0) is 6.07 Å². The first-order valence-electron chi connectivity index (χ1n) is 4.40. The maximum absolute atomic E-state index is 12.1. The minimum Gasteiger partial charge on any atom is -0.491 e. The van der Waals surface area contributed by atoms with E-state index in [4.69, 9.17) is 5.73 Å². The van der Waals surface area contributed by atoms with E-state index in [9.17, 15) is 18.0 Å². The summed E-state index contributed by atoms with van der Waals surface area (Å²) in [7, 11) is 1.14. The number of aromatic nitrogens is 1. The van der Waals surface area contributed by atoms with E-state index in [1.54, 1.807) is 0 Å². The smallest absolute Gasteiger partial charge is 0.491 e. The number of rotatable bonds is 4. The van der Waals surface area contributed by atoms with Crippen LogP contribution in [0.5, 0.6) is 11.6 Å². The highest BCUT2D eigenvalue weighted by Gasteiger charge is 2.33. The molecule has 1 aromatic rings. The maximum atomic E-state index is 12.1. The number of nitrogens with zero attached hydrogens (tertiary/aromatic N) is 1. The second kappa shape index (κ2) is 5.00. The number of hydrogen-bond acceptors (Lipinski definition) is 5. The fourth-order valence-corrected chi connectivity index (χ4v) is 1.12. The quantitative estimate of drug-likeness (QED) is 0.814. The van der Waals surface area contributed by atoms with Gasteiger partial charge in [0.2, 0.25) is 0 Å². The van der Waals surface area contributed by atoms with Gasteiger partial charge < -0.3 is 15.2 Å². The number of hydrogen-bond donors (Lipinski definition) is 1. The first-order valence-corrected chi connectivity index (χ1v) is 4.40. The molecular formula is C9H9F3N2O3. The number of ether oxygens (including phenoxy) is 2. The molecule has 0 aliphatic heterocycles. The second-order valence-electron chi connectivity index (χ2n) is 2.90. The largest absolute Gasteiger partial charge is 0.574 e. The summed E-state index contributed by atoms with van der Waals surface area (Å²) in [5.74, 6) is -1.06. The Kier molecular flexibility index (Phi) is 3.89. The molecule has 0 saturated carbocycles. The van der Waals surface area contributed by atoms with Crippen molar-refractivity contribution in [2.45, 2.75) is 12.9 Å². The molecule has 94 valence electrons. The van der Waals surface area contributed by atoms with Gasteiger partial charge >= 0.3 is 6.36 Å².